The molecule has 220 valence electrons. The van der Waals surface area contributed by atoms with Gasteiger partial charge in [0.25, 0.3) is 5.91 Å². The van der Waals surface area contributed by atoms with Crippen molar-refractivity contribution in [1.29, 1.82) is 0 Å². The van der Waals surface area contributed by atoms with Gasteiger partial charge in [-0.15, -0.1) is 35.3 Å². The zero-order valence-corrected chi connectivity index (χ0v) is 26.3. The van der Waals surface area contributed by atoms with Gasteiger partial charge in [-0.25, -0.2) is 17.8 Å². The molecule has 4 rings (SSSR count). The number of nitrogens with one attached hydrogen (secondary N) is 1. The minimum Gasteiger partial charge on any atom is -0.748 e. The quantitative estimate of drug-likeness (QED) is 0.149. The molecule has 0 spiro atoms. The van der Waals surface area contributed by atoms with Gasteiger partial charge < -0.3 is 15.0 Å². The monoisotopic (exact) mass is 677 g/mol. The minimum atomic E-state index is -4.34. The number of hydrogen-bond donors (Lipinski definition) is 2. The number of aromatic nitrogens is 1. The Morgan fingerprint density at radius 2 is 2.00 bits per heavy atom. The standard InChI is InChI=1S/C25H25Cl2N3O7S4/c1-2-16-10-17(5-6-29(16)7-8-41(35,36)37)38-11-14-12-40-24-21(23(32)30(24)22(14)25(33)34)28-20(31)13-39-19-9-15(26)3-4-18(19)27/h3-6,9-10,21,24H,2,7-8,11-13H2,1H3,(H2-,28,31,33,34,35,36,37)/t21-,24-/m1/s1. The lowest BCUT2D eigenvalue weighted by molar-refractivity contribution is -0.700. The first-order valence-corrected chi connectivity index (χ1v) is 17.6. The lowest BCUT2D eigenvalue weighted by atomic mass is 10.0. The second-order valence-corrected chi connectivity index (χ2v) is 14.6. The molecule has 1 aromatic carbocycles. The number of rotatable bonds is 12. The highest BCUT2D eigenvalue weighted by atomic mass is 35.5. The molecule has 2 N–H and O–H groups in total. The molecule has 1 aromatic heterocycles. The third kappa shape index (κ3) is 7.92. The zero-order chi connectivity index (χ0) is 29.9. The Kier molecular flexibility index (Phi) is 10.6. The summed E-state index contributed by atoms with van der Waals surface area (Å²) in [4.78, 5) is 40.4. The van der Waals surface area contributed by atoms with Crippen molar-refractivity contribution in [1.82, 2.24) is 10.2 Å². The molecule has 0 bridgehead atoms. The minimum absolute atomic E-state index is 0.00821. The molecule has 0 aliphatic carbocycles. The van der Waals surface area contributed by atoms with E-state index in [-0.39, 0.29) is 23.9 Å². The molecule has 1 fully saturated rings. The van der Waals surface area contributed by atoms with Crippen LogP contribution in [0, 0.1) is 0 Å². The average molecular weight is 679 g/mol. The molecule has 3 heterocycles. The molecule has 1 saturated heterocycles. The Bertz CT molecular complexity index is 1520. The van der Waals surface area contributed by atoms with Crippen molar-refractivity contribution < 1.29 is 37.0 Å². The number of pyridine rings is 1. The number of benzene rings is 1. The molecule has 2 aliphatic heterocycles. The third-order valence-corrected chi connectivity index (χ3v) is 11.1. The van der Waals surface area contributed by atoms with Crippen LogP contribution in [0.4, 0.5) is 0 Å². The Morgan fingerprint density at radius 1 is 1.24 bits per heavy atom. The molecule has 16 heteroatoms. The van der Waals surface area contributed by atoms with Crippen molar-refractivity contribution in [3.8, 4) is 0 Å². The first-order valence-electron chi connectivity index (χ1n) is 12.2. The molecule has 2 aliphatic rings. The number of nitrogens with zero attached hydrogens (tertiary/aromatic N) is 2. The number of fused-ring (bicyclic) bond motifs is 1. The number of aliphatic carboxylic acids is 1. The number of carbonyl (C=O) groups excluding carboxylic acids is 2. The maximum Gasteiger partial charge on any atom is 0.352 e. The summed E-state index contributed by atoms with van der Waals surface area (Å²) in [7, 11) is -4.34. The molecular formula is C25H25Cl2N3O7S4. The fourth-order valence-corrected chi connectivity index (χ4v) is 8.44. The van der Waals surface area contributed by atoms with Crippen LogP contribution in [-0.4, -0.2) is 75.2 Å². The highest BCUT2D eigenvalue weighted by molar-refractivity contribution is 8.01. The van der Waals surface area contributed by atoms with Crippen LogP contribution >= 0.6 is 58.5 Å². The van der Waals surface area contributed by atoms with Gasteiger partial charge in [0, 0.05) is 44.9 Å². The summed E-state index contributed by atoms with van der Waals surface area (Å²) in [5.41, 5.74) is 1.34. The van der Waals surface area contributed by atoms with Crippen LogP contribution in [0.3, 0.4) is 0 Å². The molecular weight excluding hydrogens is 653 g/mol. The van der Waals surface area contributed by atoms with Crippen molar-refractivity contribution in [3.05, 3.63) is 63.5 Å². The van der Waals surface area contributed by atoms with Gasteiger partial charge in [-0.3, -0.25) is 14.5 Å². The predicted octanol–water partition coefficient (Wildman–Crippen LogP) is 3.01. The number of amides is 2. The molecule has 2 aromatic rings. The number of β-lactam (4-membered cyclic amide) rings is 1. The number of carbonyl (C=O) groups is 3. The lowest BCUT2D eigenvalue weighted by Gasteiger charge is -2.49. The second kappa shape index (κ2) is 13.6. The maximum atomic E-state index is 13.0. The van der Waals surface area contributed by atoms with Crippen molar-refractivity contribution >= 4 is 86.4 Å². The molecule has 0 unspecified atom stereocenters. The van der Waals surface area contributed by atoms with Crippen LogP contribution in [0.5, 0.6) is 0 Å². The first-order chi connectivity index (χ1) is 19.4. The molecule has 0 radical (unpaired) electrons. The molecule has 0 saturated carbocycles. The van der Waals surface area contributed by atoms with E-state index in [1.54, 1.807) is 35.0 Å². The molecule has 2 atom stereocenters. The van der Waals surface area contributed by atoms with E-state index in [1.807, 2.05) is 13.0 Å². The van der Waals surface area contributed by atoms with E-state index >= 15 is 0 Å². The van der Waals surface area contributed by atoms with Gasteiger partial charge in [-0.2, -0.15) is 0 Å². The van der Waals surface area contributed by atoms with Gasteiger partial charge in [0.05, 0.1) is 16.5 Å². The van der Waals surface area contributed by atoms with E-state index in [0.29, 0.717) is 38.4 Å². The summed E-state index contributed by atoms with van der Waals surface area (Å²) < 4.78 is 34.7. The summed E-state index contributed by atoms with van der Waals surface area (Å²) in [6.45, 7) is 1.96. The predicted molar refractivity (Wildman–Crippen MR) is 158 cm³/mol. The molecule has 2 amide bonds. The number of carboxylic acid groups (broad SMARTS) is 1. The summed E-state index contributed by atoms with van der Waals surface area (Å²) >= 11 is 16.1. The number of aryl methyl sites for hydroxylation is 2. The van der Waals surface area contributed by atoms with Gasteiger partial charge in [0.15, 0.2) is 18.4 Å². The third-order valence-electron chi connectivity index (χ3n) is 6.27. The van der Waals surface area contributed by atoms with Crippen LogP contribution in [0.25, 0.3) is 0 Å². The summed E-state index contributed by atoms with van der Waals surface area (Å²) in [5, 5.41) is 13.1. The van der Waals surface area contributed by atoms with Crippen LogP contribution in [0.15, 0.2) is 57.6 Å². The summed E-state index contributed by atoms with van der Waals surface area (Å²) in [6.07, 6.45) is 2.31. The van der Waals surface area contributed by atoms with Gasteiger partial charge >= 0.3 is 5.97 Å². The van der Waals surface area contributed by atoms with Crippen LogP contribution in [-0.2, 0) is 37.5 Å². The highest BCUT2D eigenvalue weighted by Crippen LogP contribution is 2.41. The smallest absolute Gasteiger partial charge is 0.352 e. The van der Waals surface area contributed by atoms with E-state index < -0.39 is 39.2 Å². The topological polar surface area (TPSA) is 148 Å². The number of carboxylic acids is 1. The Balaban J connectivity index is 1.39. The van der Waals surface area contributed by atoms with Crippen molar-refractivity contribution in [2.45, 2.75) is 41.1 Å². The van der Waals surface area contributed by atoms with Gasteiger partial charge in [0.2, 0.25) is 5.91 Å². The number of halogens is 2. The Labute approximate surface area is 260 Å². The van der Waals surface area contributed by atoms with Gasteiger partial charge in [-0.05, 0) is 23.8 Å². The van der Waals surface area contributed by atoms with Crippen molar-refractivity contribution in [2.75, 3.05) is 23.0 Å². The van der Waals surface area contributed by atoms with Gasteiger partial charge in [-0.1, -0.05) is 30.1 Å². The SMILES string of the molecule is CCc1cc(SCC2=C(C(=O)O)N3C(=O)[C@@H](NC(=O)CSc4cc(Cl)ccc4Cl)[C@H]3SC2)cc[n+]1CCS(=O)(=O)[O-]. The lowest BCUT2D eigenvalue weighted by Crippen LogP contribution is -2.70. The van der Waals surface area contributed by atoms with Crippen molar-refractivity contribution in [3.63, 3.8) is 0 Å². The fourth-order valence-electron chi connectivity index (χ4n) is 4.29. The van der Waals surface area contributed by atoms with E-state index in [0.717, 1.165) is 10.6 Å². The largest absolute Gasteiger partial charge is 0.748 e. The maximum absolute atomic E-state index is 13.0. The number of hydrogen-bond acceptors (Lipinski definition) is 9. The highest BCUT2D eigenvalue weighted by Gasteiger charge is 2.54. The average Bonchev–Trinajstić information content (AvgIpc) is 2.93. The fraction of sp³-hybridized carbons (Fsp3) is 0.360. The van der Waals surface area contributed by atoms with Gasteiger partial charge in [0.1, 0.15) is 27.2 Å². The van der Waals surface area contributed by atoms with Crippen LogP contribution < -0.4 is 9.88 Å². The molecule has 41 heavy (non-hydrogen) atoms. The summed E-state index contributed by atoms with van der Waals surface area (Å²) in [5.74, 6) is -1.89. The van der Waals surface area contributed by atoms with Crippen LogP contribution in [0.1, 0.15) is 12.6 Å². The second-order valence-electron chi connectivity index (χ2n) is 9.03. The molecule has 10 nitrogen and oxygen atoms in total. The van der Waals surface area contributed by atoms with Crippen LogP contribution in [0.2, 0.25) is 10.0 Å². The Hall–Kier alpha value is -1.94. The van der Waals surface area contributed by atoms with E-state index in [1.165, 1.54) is 40.2 Å². The normalized spacial score (nSPS) is 18.6. The zero-order valence-electron chi connectivity index (χ0n) is 21.5. The van der Waals surface area contributed by atoms with E-state index in [2.05, 4.69) is 5.32 Å². The van der Waals surface area contributed by atoms with E-state index in [9.17, 15) is 32.5 Å². The van der Waals surface area contributed by atoms with Crippen molar-refractivity contribution in [2.24, 2.45) is 0 Å². The van der Waals surface area contributed by atoms with E-state index in [4.69, 9.17) is 23.2 Å². The Morgan fingerprint density at radius 3 is 2.68 bits per heavy atom. The number of thioether (sulfide) groups is 3. The first kappa shape index (κ1) is 32.0. The summed E-state index contributed by atoms with van der Waals surface area (Å²) in [6, 6.07) is 7.74.